The number of aromatic nitrogens is 2. The van der Waals surface area contributed by atoms with Gasteiger partial charge in [-0.05, 0) is 29.8 Å². The van der Waals surface area contributed by atoms with Gasteiger partial charge >= 0.3 is 0 Å². The van der Waals surface area contributed by atoms with Crippen LogP contribution in [-0.4, -0.2) is 10.1 Å². The van der Waals surface area contributed by atoms with Crippen LogP contribution in [0.2, 0.25) is 5.02 Å². The first-order valence-corrected chi connectivity index (χ1v) is 6.52. The van der Waals surface area contributed by atoms with E-state index in [-0.39, 0.29) is 0 Å². The Morgan fingerprint density at radius 2 is 1.80 bits per heavy atom. The third-order valence-electron chi connectivity index (χ3n) is 2.93. The van der Waals surface area contributed by atoms with E-state index in [9.17, 15) is 0 Å². The minimum absolute atomic E-state index is 0.437. The van der Waals surface area contributed by atoms with E-state index in [2.05, 4.69) is 10.1 Å². The Morgan fingerprint density at radius 3 is 2.55 bits per heavy atom. The van der Waals surface area contributed by atoms with Crippen molar-refractivity contribution in [1.82, 2.24) is 10.1 Å². The van der Waals surface area contributed by atoms with Crippen molar-refractivity contribution in [3.8, 4) is 11.5 Å². The van der Waals surface area contributed by atoms with Crippen LogP contribution in [0.15, 0.2) is 53.1 Å². The molecule has 0 spiro atoms. The lowest BCUT2D eigenvalue weighted by molar-refractivity contribution is 0.424. The summed E-state index contributed by atoms with van der Waals surface area (Å²) in [6, 6.07) is 15.0. The van der Waals surface area contributed by atoms with Gasteiger partial charge in [0, 0.05) is 17.1 Å². The summed E-state index contributed by atoms with van der Waals surface area (Å²) in [4.78, 5) is 4.37. The summed E-state index contributed by atoms with van der Waals surface area (Å²) in [5.41, 5.74) is 8.33. The zero-order valence-corrected chi connectivity index (χ0v) is 11.3. The fraction of sp³-hybridized carbons (Fsp3) is 0.0667. The smallest absolute Gasteiger partial charge is 0.260 e. The van der Waals surface area contributed by atoms with Gasteiger partial charge in [0.2, 0.25) is 0 Å². The van der Waals surface area contributed by atoms with Crippen molar-refractivity contribution in [2.75, 3.05) is 5.73 Å². The van der Waals surface area contributed by atoms with Gasteiger partial charge in [-0.25, -0.2) is 0 Å². The van der Waals surface area contributed by atoms with Gasteiger partial charge < -0.3 is 10.3 Å². The van der Waals surface area contributed by atoms with Crippen LogP contribution in [0, 0.1) is 0 Å². The van der Waals surface area contributed by atoms with E-state index in [0.29, 0.717) is 28.8 Å². The molecule has 3 aromatic rings. The van der Waals surface area contributed by atoms with Crippen LogP contribution in [-0.2, 0) is 6.42 Å². The van der Waals surface area contributed by atoms with Gasteiger partial charge in [0.15, 0.2) is 5.82 Å². The first kappa shape index (κ1) is 12.7. The van der Waals surface area contributed by atoms with Gasteiger partial charge in [-0.15, -0.1) is 0 Å². The average Bonchev–Trinajstić information content (AvgIpc) is 2.90. The van der Waals surface area contributed by atoms with Crippen molar-refractivity contribution < 1.29 is 4.52 Å². The molecule has 4 nitrogen and oxygen atoms in total. The Labute approximate surface area is 121 Å². The maximum atomic E-state index is 5.89. The maximum absolute atomic E-state index is 5.89. The Hall–Kier alpha value is -2.33. The monoisotopic (exact) mass is 285 g/mol. The lowest BCUT2D eigenvalue weighted by atomic mass is 10.1. The Kier molecular flexibility index (Phi) is 3.39. The zero-order valence-electron chi connectivity index (χ0n) is 10.6. The topological polar surface area (TPSA) is 64.9 Å². The molecule has 0 fully saturated rings. The van der Waals surface area contributed by atoms with Crippen LogP contribution in [0.1, 0.15) is 11.4 Å². The van der Waals surface area contributed by atoms with E-state index >= 15 is 0 Å². The Bertz CT molecular complexity index is 722. The summed E-state index contributed by atoms with van der Waals surface area (Å²) in [5.74, 6) is 1.05. The number of hydrogen-bond acceptors (Lipinski definition) is 4. The maximum Gasteiger partial charge on any atom is 0.260 e. The Balaban J connectivity index is 1.84. The van der Waals surface area contributed by atoms with E-state index in [0.717, 1.165) is 11.1 Å². The van der Waals surface area contributed by atoms with Gasteiger partial charge in [-0.1, -0.05) is 41.0 Å². The van der Waals surface area contributed by atoms with Crippen molar-refractivity contribution in [2.24, 2.45) is 0 Å². The number of hydrogen-bond donors (Lipinski definition) is 1. The molecule has 2 N–H and O–H groups in total. The van der Waals surface area contributed by atoms with Crippen LogP contribution >= 0.6 is 11.6 Å². The molecule has 0 radical (unpaired) electrons. The van der Waals surface area contributed by atoms with E-state index < -0.39 is 0 Å². The predicted molar refractivity (Wildman–Crippen MR) is 78.4 cm³/mol. The number of anilines is 1. The van der Waals surface area contributed by atoms with Crippen LogP contribution < -0.4 is 5.73 Å². The lowest BCUT2D eigenvalue weighted by Gasteiger charge is -1.98. The minimum atomic E-state index is 0.437. The molecule has 2 aromatic carbocycles. The highest BCUT2D eigenvalue weighted by atomic mass is 35.5. The quantitative estimate of drug-likeness (QED) is 0.747. The van der Waals surface area contributed by atoms with Crippen LogP contribution in [0.4, 0.5) is 5.69 Å². The lowest BCUT2D eigenvalue weighted by Crippen LogP contribution is -1.92. The van der Waals surface area contributed by atoms with Crippen molar-refractivity contribution in [3.63, 3.8) is 0 Å². The second-order valence-electron chi connectivity index (χ2n) is 4.41. The number of halogens is 1. The molecule has 3 rings (SSSR count). The summed E-state index contributed by atoms with van der Waals surface area (Å²) >= 11 is 5.85. The Morgan fingerprint density at radius 1 is 1.05 bits per heavy atom. The van der Waals surface area contributed by atoms with E-state index in [1.807, 2.05) is 42.5 Å². The summed E-state index contributed by atoms with van der Waals surface area (Å²) in [7, 11) is 0. The van der Waals surface area contributed by atoms with E-state index in [1.54, 1.807) is 6.07 Å². The molecule has 0 saturated heterocycles. The first-order valence-electron chi connectivity index (χ1n) is 6.14. The van der Waals surface area contributed by atoms with Gasteiger partial charge in [0.05, 0.1) is 5.56 Å². The second-order valence-corrected chi connectivity index (χ2v) is 4.84. The zero-order chi connectivity index (χ0) is 13.9. The van der Waals surface area contributed by atoms with Crippen LogP contribution in [0.3, 0.4) is 0 Å². The van der Waals surface area contributed by atoms with Crippen molar-refractivity contribution in [1.29, 1.82) is 0 Å². The van der Waals surface area contributed by atoms with Gasteiger partial charge in [-0.2, -0.15) is 4.98 Å². The molecule has 0 unspecified atom stereocenters. The highest BCUT2D eigenvalue weighted by Crippen LogP contribution is 2.24. The molecule has 0 aliphatic rings. The third-order valence-corrected chi connectivity index (χ3v) is 3.19. The summed E-state index contributed by atoms with van der Waals surface area (Å²) in [6.45, 7) is 0. The molecule has 5 heteroatoms. The molecule has 0 aliphatic carbocycles. The van der Waals surface area contributed by atoms with Crippen molar-refractivity contribution >= 4 is 17.3 Å². The fourth-order valence-electron chi connectivity index (χ4n) is 1.91. The molecule has 1 aromatic heterocycles. The predicted octanol–water partition coefficient (Wildman–Crippen LogP) is 3.56. The molecule has 1 heterocycles. The number of nitrogens with two attached hydrogens (primary N) is 1. The number of nitrogens with zero attached hydrogens (tertiary/aromatic N) is 2. The largest absolute Gasteiger partial charge is 0.398 e. The number of nitrogen functional groups attached to an aromatic ring is 1. The minimum Gasteiger partial charge on any atom is -0.398 e. The average molecular weight is 286 g/mol. The van der Waals surface area contributed by atoms with Crippen LogP contribution in [0.25, 0.3) is 11.5 Å². The molecular weight excluding hydrogens is 274 g/mol. The summed E-state index contributed by atoms with van der Waals surface area (Å²) in [5, 5.41) is 4.68. The van der Waals surface area contributed by atoms with Crippen molar-refractivity contribution in [3.05, 3.63) is 64.9 Å². The highest BCUT2D eigenvalue weighted by Gasteiger charge is 2.11. The standard InChI is InChI=1S/C15H12ClN3O/c16-11-7-5-10(6-8-11)9-14-18-15(20-19-14)12-3-1-2-4-13(12)17/h1-8H,9,17H2. The van der Waals surface area contributed by atoms with Gasteiger partial charge in [0.1, 0.15) is 0 Å². The van der Waals surface area contributed by atoms with Gasteiger partial charge in [0.25, 0.3) is 5.89 Å². The molecule has 0 atom stereocenters. The molecular formula is C15H12ClN3O. The highest BCUT2D eigenvalue weighted by molar-refractivity contribution is 6.30. The van der Waals surface area contributed by atoms with Crippen LogP contribution in [0.5, 0.6) is 0 Å². The number of benzene rings is 2. The molecule has 100 valence electrons. The second kappa shape index (κ2) is 5.35. The molecule has 0 bridgehead atoms. The summed E-state index contributed by atoms with van der Waals surface area (Å²) in [6.07, 6.45) is 0.591. The van der Waals surface area contributed by atoms with Gasteiger partial charge in [-0.3, -0.25) is 0 Å². The number of rotatable bonds is 3. The molecule has 0 saturated carbocycles. The molecule has 20 heavy (non-hydrogen) atoms. The fourth-order valence-corrected chi connectivity index (χ4v) is 2.04. The molecule has 0 amide bonds. The summed E-state index contributed by atoms with van der Waals surface area (Å²) < 4.78 is 5.26. The first-order chi connectivity index (χ1) is 9.72. The third kappa shape index (κ3) is 2.65. The molecule has 0 aliphatic heterocycles. The number of para-hydroxylation sites is 1. The SMILES string of the molecule is Nc1ccccc1-c1nc(Cc2ccc(Cl)cc2)no1. The van der Waals surface area contributed by atoms with E-state index in [4.69, 9.17) is 21.9 Å². The van der Waals surface area contributed by atoms with Crippen molar-refractivity contribution in [2.45, 2.75) is 6.42 Å². The normalized spacial score (nSPS) is 10.7. The van der Waals surface area contributed by atoms with E-state index in [1.165, 1.54) is 0 Å².